The van der Waals surface area contributed by atoms with Crippen LogP contribution in [0.1, 0.15) is 13.2 Å². The van der Waals surface area contributed by atoms with Gasteiger partial charge in [0.05, 0.1) is 17.1 Å². The number of para-hydroxylation sites is 2. The van der Waals surface area contributed by atoms with Gasteiger partial charge in [-0.25, -0.2) is 0 Å². The Kier molecular flexibility index (Phi) is 3.01. The number of hydrogen-bond donors (Lipinski definition) is 1. The number of nitrogens with zero attached hydrogens (tertiary/aromatic N) is 1. The fourth-order valence-corrected chi connectivity index (χ4v) is 2.74. The number of benzene rings is 2. The highest BCUT2D eigenvalue weighted by atomic mass is 16.5. The van der Waals surface area contributed by atoms with E-state index in [0.717, 1.165) is 11.0 Å². The maximum Gasteiger partial charge on any atom is 0.159 e. The molecule has 3 nitrogen and oxygen atoms in total. The molecule has 0 aliphatic carbocycles. The Balaban J connectivity index is 2.42. The van der Waals surface area contributed by atoms with Crippen molar-refractivity contribution in [2.24, 2.45) is 0 Å². The minimum atomic E-state index is -0.579. The molecule has 0 aliphatic heterocycles. The Bertz CT molecular complexity index is 662. The first-order valence-corrected chi connectivity index (χ1v) is 6.42. The van der Waals surface area contributed by atoms with Crippen molar-refractivity contribution >= 4 is 21.8 Å². The van der Waals surface area contributed by atoms with Crippen LogP contribution in [-0.2, 0) is 4.74 Å². The molecular formula is C16H17NO2. The van der Waals surface area contributed by atoms with Crippen molar-refractivity contribution in [3.05, 3.63) is 48.5 Å². The van der Waals surface area contributed by atoms with Crippen LogP contribution in [0, 0.1) is 0 Å². The van der Waals surface area contributed by atoms with Gasteiger partial charge in [0, 0.05) is 17.9 Å². The van der Waals surface area contributed by atoms with E-state index in [1.54, 1.807) is 14.0 Å². The van der Waals surface area contributed by atoms with Crippen LogP contribution < -0.4 is 0 Å². The minimum absolute atomic E-state index is 0.384. The van der Waals surface area contributed by atoms with Crippen molar-refractivity contribution < 1.29 is 9.84 Å². The Hall–Kier alpha value is -1.84. The smallest absolute Gasteiger partial charge is 0.159 e. The molecule has 0 radical (unpaired) electrons. The molecule has 2 atom stereocenters. The van der Waals surface area contributed by atoms with E-state index in [4.69, 9.17) is 4.74 Å². The van der Waals surface area contributed by atoms with Gasteiger partial charge >= 0.3 is 0 Å². The molecule has 0 unspecified atom stereocenters. The maximum absolute atomic E-state index is 9.96. The average molecular weight is 255 g/mol. The molecule has 3 rings (SSSR count). The van der Waals surface area contributed by atoms with Gasteiger partial charge in [-0.2, -0.15) is 0 Å². The molecule has 0 saturated carbocycles. The third-order valence-electron chi connectivity index (χ3n) is 3.53. The molecule has 0 aliphatic rings. The lowest BCUT2D eigenvalue weighted by atomic mass is 10.2. The van der Waals surface area contributed by atoms with Crippen molar-refractivity contribution in [2.45, 2.75) is 19.3 Å². The number of aliphatic hydroxyl groups is 1. The highest BCUT2D eigenvalue weighted by Crippen LogP contribution is 2.32. The van der Waals surface area contributed by atoms with Gasteiger partial charge in [0.1, 0.15) is 0 Å². The van der Waals surface area contributed by atoms with Crippen molar-refractivity contribution in [1.29, 1.82) is 0 Å². The normalized spacial score (nSPS) is 14.9. The number of ether oxygens (including phenoxy) is 1. The van der Waals surface area contributed by atoms with Gasteiger partial charge in [0.2, 0.25) is 0 Å². The highest BCUT2D eigenvalue weighted by Gasteiger charge is 2.21. The van der Waals surface area contributed by atoms with E-state index >= 15 is 0 Å². The third-order valence-corrected chi connectivity index (χ3v) is 3.53. The van der Waals surface area contributed by atoms with E-state index in [0.29, 0.717) is 0 Å². The van der Waals surface area contributed by atoms with E-state index in [2.05, 4.69) is 28.8 Å². The largest absolute Gasteiger partial charge is 0.389 e. The molecule has 1 heterocycles. The SMILES string of the molecule is CO[C@@H]([C@@H](C)O)n1c2ccccc2c2ccccc21. The Morgan fingerprint density at radius 3 is 1.84 bits per heavy atom. The summed E-state index contributed by atoms with van der Waals surface area (Å²) < 4.78 is 7.55. The Morgan fingerprint density at radius 1 is 0.947 bits per heavy atom. The van der Waals surface area contributed by atoms with Gasteiger partial charge in [0.15, 0.2) is 6.23 Å². The van der Waals surface area contributed by atoms with Crippen molar-refractivity contribution in [3.63, 3.8) is 0 Å². The number of aliphatic hydroxyl groups excluding tert-OH is 1. The molecule has 0 fully saturated rings. The van der Waals surface area contributed by atoms with E-state index in [-0.39, 0.29) is 6.23 Å². The van der Waals surface area contributed by atoms with Gasteiger partial charge in [-0.15, -0.1) is 0 Å². The van der Waals surface area contributed by atoms with Gasteiger partial charge in [-0.05, 0) is 19.1 Å². The third kappa shape index (κ3) is 1.82. The molecule has 0 bridgehead atoms. The second-order valence-electron chi connectivity index (χ2n) is 4.77. The predicted octanol–water partition coefficient (Wildman–Crippen LogP) is 3.32. The summed E-state index contributed by atoms with van der Waals surface area (Å²) in [6.07, 6.45) is -0.964. The molecule has 98 valence electrons. The lowest BCUT2D eigenvalue weighted by Gasteiger charge is -2.22. The van der Waals surface area contributed by atoms with Gasteiger partial charge in [-0.1, -0.05) is 36.4 Å². The molecule has 2 aromatic carbocycles. The summed E-state index contributed by atoms with van der Waals surface area (Å²) in [6, 6.07) is 16.4. The molecule has 3 aromatic rings. The maximum atomic E-state index is 9.96. The van der Waals surface area contributed by atoms with Crippen molar-refractivity contribution in [2.75, 3.05) is 7.11 Å². The lowest BCUT2D eigenvalue weighted by molar-refractivity contribution is -0.0442. The van der Waals surface area contributed by atoms with Crippen LogP contribution in [0.3, 0.4) is 0 Å². The first kappa shape index (κ1) is 12.2. The molecule has 0 spiro atoms. The average Bonchev–Trinajstić information content (AvgIpc) is 2.75. The number of fused-ring (bicyclic) bond motifs is 3. The fourth-order valence-electron chi connectivity index (χ4n) is 2.74. The fraction of sp³-hybridized carbons (Fsp3) is 0.250. The number of methoxy groups -OCH3 is 1. The monoisotopic (exact) mass is 255 g/mol. The number of rotatable bonds is 3. The van der Waals surface area contributed by atoms with Crippen LogP contribution in [-0.4, -0.2) is 22.9 Å². The van der Waals surface area contributed by atoms with Crippen molar-refractivity contribution in [3.8, 4) is 0 Å². The summed E-state index contributed by atoms with van der Waals surface area (Å²) in [5.74, 6) is 0. The van der Waals surface area contributed by atoms with Crippen LogP contribution in [0.4, 0.5) is 0 Å². The quantitative estimate of drug-likeness (QED) is 0.779. The van der Waals surface area contributed by atoms with Crippen LogP contribution in [0.25, 0.3) is 21.8 Å². The summed E-state index contributed by atoms with van der Waals surface area (Å²) in [5.41, 5.74) is 2.16. The zero-order chi connectivity index (χ0) is 13.4. The predicted molar refractivity (Wildman–Crippen MR) is 77.2 cm³/mol. The summed E-state index contributed by atoms with van der Waals surface area (Å²) in [5, 5.41) is 12.3. The summed E-state index contributed by atoms with van der Waals surface area (Å²) in [7, 11) is 1.63. The molecular weight excluding hydrogens is 238 g/mol. The zero-order valence-electron chi connectivity index (χ0n) is 11.1. The zero-order valence-corrected chi connectivity index (χ0v) is 11.1. The van der Waals surface area contributed by atoms with E-state index in [1.165, 1.54) is 10.8 Å². The van der Waals surface area contributed by atoms with Crippen LogP contribution >= 0.6 is 0 Å². The molecule has 19 heavy (non-hydrogen) atoms. The van der Waals surface area contributed by atoms with Crippen LogP contribution in [0.2, 0.25) is 0 Å². The second-order valence-corrected chi connectivity index (χ2v) is 4.77. The standard InChI is InChI=1S/C16H17NO2/c1-11(18)16(19-2)17-14-9-5-3-7-12(14)13-8-4-6-10-15(13)17/h3-11,16,18H,1-2H3/t11-,16+/m1/s1. The summed E-state index contributed by atoms with van der Waals surface area (Å²) in [6.45, 7) is 1.75. The summed E-state index contributed by atoms with van der Waals surface area (Å²) in [4.78, 5) is 0. The molecule has 0 saturated heterocycles. The molecule has 3 heteroatoms. The first-order chi connectivity index (χ1) is 9.24. The lowest BCUT2D eigenvalue weighted by Crippen LogP contribution is -2.22. The van der Waals surface area contributed by atoms with E-state index < -0.39 is 6.10 Å². The highest BCUT2D eigenvalue weighted by molar-refractivity contribution is 6.08. The van der Waals surface area contributed by atoms with Gasteiger partial charge in [0.25, 0.3) is 0 Å². The van der Waals surface area contributed by atoms with Crippen molar-refractivity contribution in [1.82, 2.24) is 4.57 Å². The Labute approximate surface area is 112 Å². The minimum Gasteiger partial charge on any atom is -0.389 e. The van der Waals surface area contributed by atoms with Gasteiger partial charge in [-0.3, -0.25) is 0 Å². The first-order valence-electron chi connectivity index (χ1n) is 6.42. The van der Waals surface area contributed by atoms with Crippen LogP contribution in [0.5, 0.6) is 0 Å². The topological polar surface area (TPSA) is 34.4 Å². The second kappa shape index (κ2) is 4.68. The number of aromatic nitrogens is 1. The number of hydrogen-bond acceptors (Lipinski definition) is 2. The molecule has 0 amide bonds. The molecule has 1 aromatic heterocycles. The van der Waals surface area contributed by atoms with E-state index in [9.17, 15) is 5.11 Å². The van der Waals surface area contributed by atoms with Gasteiger partial charge < -0.3 is 14.4 Å². The summed E-state index contributed by atoms with van der Waals surface area (Å²) >= 11 is 0. The van der Waals surface area contributed by atoms with Crippen LogP contribution in [0.15, 0.2) is 48.5 Å². The van der Waals surface area contributed by atoms with E-state index in [1.807, 2.05) is 24.3 Å². The molecule has 1 N–H and O–H groups in total. The Morgan fingerprint density at radius 2 is 1.42 bits per heavy atom.